The summed E-state index contributed by atoms with van der Waals surface area (Å²) in [5, 5.41) is 2.82. The molecule has 25 heavy (non-hydrogen) atoms. The first-order valence-corrected chi connectivity index (χ1v) is 8.42. The van der Waals surface area contributed by atoms with E-state index in [-0.39, 0.29) is 18.4 Å². The van der Waals surface area contributed by atoms with E-state index in [9.17, 15) is 9.59 Å². The fraction of sp³-hybridized carbons (Fsp3) is 0.300. The Morgan fingerprint density at radius 1 is 1.00 bits per heavy atom. The lowest BCUT2D eigenvalue weighted by atomic mass is 10.2. The molecule has 2 rings (SSSR count). The Labute approximate surface area is 148 Å². The fourth-order valence-electron chi connectivity index (χ4n) is 2.44. The second-order valence-electron chi connectivity index (χ2n) is 5.65. The van der Waals surface area contributed by atoms with Crippen LogP contribution in [0.25, 0.3) is 0 Å². The van der Waals surface area contributed by atoms with E-state index >= 15 is 0 Å². The summed E-state index contributed by atoms with van der Waals surface area (Å²) in [4.78, 5) is 26.0. The van der Waals surface area contributed by atoms with Crippen LogP contribution >= 0.6 is 0 Å². The zero-order chi connectivity index (χ0) is 18.2. The molecular formula is C20H24N2O3. The van der Waals surface area contributed by atoms with Gasteiger partial charge < -0.3 is 15.0 Å². The Bertz CT molecular complexity index is 722. The van der Waals surface area contributed by atoms with Crippen LogP contribution in [0.4, 0.5) is 5.69 Å². The van der Waals surface area contributed by atoms with Crippen molar-refractivity contribution in [2.45, 2.75) is 20.8 Å². The lowest BCUT2D eigenvalue weighted by molar-refractivity contribution is -0.118. The lowest BCUT2D eigenvalue weighted by Crippen LogP contribution is -2.30. The van der Waals surface area contributed by atoms with E-state index in [0.717, 1.165) is 11.3 Å². The first-order valence-electron chi connectivity index (χ1n) is 8.42. The number of para-hydroxylation sites is 1. The number of hydrogen-bond donors (Lipinski definition) is 1. The molecule has 0 unspecified atom stereocenters. The summed E-state index contributed by atoms with van der Waals surface area (Å²) in [5.74, 6) is 0.322. The molecule has 0 heterocycles. The highest BCUT2D eigenvalue weighted by Crippen LogP contribution is 2.15. The summed E-state index contributed by atoms with van der Waals surface area (Å²) in [5.41, 5.74) is 2.38. The van der Waals surface area contributed by atoms with E-state index < -0.39 is 0 Å². The maximum atomic E-state index is 12.2. The fourth-order valence-corrected chi connectivity index (χ4v) is 2.44. The molecule has 5 heteroatoms. The van der Waals surface area contributed by atoms with E-state index in [1.807, 2.05) is 45.0 Å². The van der Waals surface area contributed by atoms with Crippen molar-refractivity contribution in [2.24, 2.45) is 0 Å². The van der Waals surface area contributed by atoms with Crippen LogP contribution in [0.1, 0.15) is 29.8 Å². The summed E-state index contributed by atoms with van der Waals surface area (Å²) in [6.07, 6.45) is 0. The summed E-state index contributed by atoms with van der Waals surface area (Å²) >= 11 is 0. The maximum absolute atomic E-state index is 12.2. The topological polar surface area (TPSA) is 58.6 Å². The minimum absolute atomic E-state index is 0.00570. The number of carbonyl (C=O) groups excluding carboxylic acids is 2. The van der Waals surface area contributed by atoms with E-state index in [2.05, 4.69) is 5.32 Å². The van der Waals surface area contributed by atoms with Gasteiger partial charge in [0.25, 0.3) is 11.8 Å². The Morgan fingerprint density at radius 3 is 2.24 bits per heavy atom. The van der Waals surface area contributed by atoms with Gasteiger partial charge in [-0.15, -0.1) is 0 Å². The second-order valence-corrected chi connectivity index (χ2v) is 5.65. The molecule has 0 spiro atoms. The first kappa shape index (κ1) is 18.5. The van der Waals surface area contributed by atoms with Crippen LogP contribution in [-0.2, 0) is 4.79 Å². The van der Waals surface area contributed by atoms with Crippen LogP contribution in [0.3, 0.4) is 0 Å². The van der Waals surface area contributed by atoms with Gasteiger partial charge in [-0.1, -0.05) is 18.2 Å². The number of anilines is 1. The average Bonchev–Trinajstić information content (AvgIpc) is 2.63. The summed E-state index contributed by atoms with van der Waals surface area (Å²) in [6, 6.07) is 14.4. The predicted molar refractivity (Wildman–Crippen MR) is 99.0 cm³/mol. The van der Waals surface area contributed by atoms with Gasteiger partial charge in [-0.25, -0.2) is 0 Å². The van der Waals surface area contributed by atoms with Crippen molar-refractivity contribution in [1.82, 2.24) is 4.90 Å². The number of amides is 2. The highest BCUT2D eigenvalue weighted by molar-refractivity contribution is 5.94. The molecule has 0 fully saturated rings. The van der Waals surface area contributed by atoms with Gasteiger partial charge in [0, 0.05) is 24.3 Å². The van der Waals surface area contributed by atoms with Gasteiger partial charge in [-0.3, -0.25) is 9.59 Å². The molecule has 0 saturated carbocycles. The number of ether oxygens (including phenoxy) is 1. The lowest BCUT2D eigenvalue weighted by Gasteiger charge is -2.18. The number of rotatable bonds is 7. The van der Waals surface area contributed by atoms with Gasteiger partial charge in [0.1, 0.15) is 5.75 Å². The van der Waals surface area contributed by atoms with Crippen LogP contribution in [-0.4, -0.2) is 36.4 Å². The van der Waals surface area contributed by atoms with E-state index in [4.69, 9.17) is 4.74 Å². The zero-order valence-corrected chi connectivity index (χ0v) is 14.9. The van der Waals surface area contributed by atoms with Crippen molar-refractivity contribution in [2.75, 3.05) is 25.0 Å². The summed E-state index contributed by atoms with van der Waals surface area (Å²) in [7, 11) is 0. The van der Waals surface area contributed by atoms with E-state index in [1.165, 1.54) is 0 Å². The third-order valence-corrected chi connectivity index (χ3v) is 3.94. The predicted octanol–water partition coefficient (Wildman–Crippen LogP) is 3.49. The molecule has 2 amide bonds. The first-order chi connectivity index (χ1) is 12.0. The number of aryl methyl sites for hydroxylation is 1. The Morgan fingerprint density at radius 2 is 1.64 bits per heavy atom. The molecule has 2 aromatic rings. The monoisotopic (exact) mass is 340 g/mol. The Kier molecular flexibility index (Phi) is 6.57. The molecule has 1 N–H and O–H groups in total. The minimum Gasteiger partial charge on any atom is -0.484 e. The molecule has 0 aliphatic carbocycles. The van der Waals surface area contributed by atoms with Crippen molar-refractivity contribution >= 4 is 17.5 Å². The van der Waals surface area contributed by atoms with Gasteiger partial charge in [-0.2, -0.15) is 0 Å². The largest absolute Gasteiger partial charge is 0.484 e. The van der Waals surface area contributed by atoms with E-state index in [1.54, 1.807) is 29.2 Å². The third kappa shape index (κ3) is 5.08. The Balaban J connectivity index is 1.90. The van der Waals surface area contributed by atoms with Gasteiger partial charge in [0.2, 0.25) is 0 Å². The highest BCUT2D eigenvalue weighted by atomic mass is 16.5. The average molecular weight is 340 g/mol. The van der Waals surface area contributed by atoms with Crippen LogP contribution in [0.5, 0.6) is 5.75 Å². The van der Waals surface area contributed by atoms with E-state index in [0.29, 0.717) is 24.4 Å². The molecule has 0 bridgehead atoms. The number of hydrogen-bond acceptors (Lipinski definition) is 3. The van der Waals surface area contributed by atoms with Crippen molar-refractivity contribution < 1.29 is 14.3 Å². The van der Waals surface area contributed by atoms with Crippen molar-refractivity contribution in [3.05, 3.63) is 59.7 Å². The van der Waals surface area contributed by atoms with Crippen LogP contribution < -0.4 is 10.1 Å². The second kappa shape index (κ2) is 8.87. The molecule has 0 atom stereocenters. The van der Waals surface area contributed by atoms with Gasteiger partial charge >= 0.3 is 0 Å². The van der Waals surface area contributed by atoms with Crippen molar-refractivity contribution in [3.63, 3.8) is 0 Å². The van der Waals surface area contributed by atoms with Crippen LogP contribution in [0.2, 0.25) is 0 Å². The Hall–Kier alpha value is -2.82. The summed E-state index contributed by atoms with van der Waals surface area (Å²) < 4.78 is 5.49. The SMILES string of the molecule is CCN(CC)C(=O)c1ccc(OCC(=O)Nc2ccccc2C)cc1. The van der Waals surface area contributed by atoms with Gasteiger partial charge in [0.15, 0.2) is 6.61 Å². The normalized spacial score (nSPS) is 10.2. The number of benzene rings is 2. The zero-order valence-electron chi connectivity index (χ0n) is 14.9. The summed E-state index contributed by atoms with van der Waals surface area (Å²) in [6.45, 7) is 7.09. The quantitative estimate of drug-likeness (QED) is 0.839. The van der Waals surface area contributed by atoms with Crippen LogP contribution in [0.15, 0.2) is 48.5 Å². The molecule has 5 nitrogen and oxygen atoms in total. The molecule has 0 aliphatic heterocycles. The van der Waals surface area contributed by atoms with Crippen LogP contribution in [0, 0.1) is 6.92 Å². The molecule has 2 aromatic carbocycles. The van der Waals surface area contributed by atoms with Crippen molar-refractivity contribution in [1.29, 1.82) is 0 Å². The minimum atomic E-state index is -0.224. The molecule has 0 aromatic heterocycles. The molecular weight excluding hydrogens is 316 g/mol. The number of nitrogens with zero attached hydrogens (tertiary/aromatic N) is 1. The van der Waals surface area contributed by atoms with Gasteiger partial charge in [-0.05, 0) is 56.7 Å². The third-order valence-electron chi connectivity index (χ3n) is 3.94. The molecule has 0 saturated heterocycles. The number of carbonyl (C=O) groups is 2. The smallest absolute Gasteiger partial charge is 0.262 e. The molecule has 132 valence electrons. The number of nitrogens with one attached hydrogen (secondary N) is 1. The van der Waals surface area contributed by atoms with Gasteiger partial charge in [0.05, 0.1) is 0 Å². The highest BCUT2D eigenvalue weighted by Gasteiger charge is 2.12. The molecule has 0 radical (unpaired) electrons. The van der Waals surface area contributed by atoms with Crippen molar-refractivity contribution in [3.8, 4) is 5.75 Å². The standard InChI is InChI=1S/C20H24N2O3/c1-4-22(5-2)20(24)16-10-12-17(13-11-16)25-14-19(23)21-18-9-7-6-8-15(18)3/h6-13H,4-5,14H2,1-3H3,(H,21,23). The molecule has 0 aliphatic rings. The maximum Gasteiger partial charge on any atom is 0.262 e.